The zero-order valence-electron chi connectivity index (χ0n) is 10.5. The number of hydrogen-bond acceptors (Lipinski definition) is 2. The first-order valence-corrected chi connectivity index (χ1v) is 7.67. The fourth-order valence-electron chi connectivity index (χ4n) is 2.22. The summed E-state index contributed by atoms with van der Waals surface area (Å²) in [4.78, 5) is 0. The van der Waals surface area contributed by atoms with E-state index in [1.807, 2.05) is 6.92 Å². The maximum Gasteiger partial charge on any atom is 0.416 e. The van der Waals surface area contributed by atoms with Crippen molar-refractivity contribution in [2.45, 2.75) is 31.6 Å². The van der Waals surface area contributed by atoms with Crippen LogP contribution < -0.4 is 5.32 Å². The molecule has 0 spiro atoms. The van der Waals surface area contributed by atoms with E-state index in [1.54, 1.807) is 6.07 Å². The van der Waals surface area contributed by atoms with E-state index < -0.39 is 22.5 Å². The second kappa shape index (κ2) is 5.63. The average Bonchev–Trinajstić information content (AvgIpc) is 2.37. The fourth-order valence-corrected chi connectivity index (χ4v) is 3.80. The minimum Gasteiger partial charge on any atom is -0.305 e. The van der Waals surface area contributed by atoms with Crippen LogP contribution >= 0.6 is 0 Å². The van der Waals surface area contributed by atoms with Crippen molar-refractivity contribution in [3.8, 4) is 0 Å². The summed E-state index contributed by atoms with van der Waals surface area (Å²) in [5.41, 5.74) is -0.0995. The van der Waals surface area contributed by atoms with E-state index in [0.29, 0.717) is 17.1 Å². The van der Waals surface area contributed by atoms with Gasteiger partial charge in [0.15, 0.2) is 0 Å². The molecule has 1 aliphatic rings. The molecular formula is C13H16F3NOS. The molecule has 19 heavy (non-hydrogen) atoms. The fraction of sp³-hybridized carbons (Fsp3) is 0.538. The van der Waals surface area contributed by atoms with Crippen LogP contribution in [0.3, 0.4) is 0 Å². The first kappa shape index (κ1) is 14.5. The van der Waals surface area contributed by atoms with Crippen LogP contribution in [0.5, 0.6) is 0 Å². The molecule has 106 valence electrons. The summed E-state index contributed by atoms with van der Waals surface area (Å²) in [6.07, 6.45) is -3.52. The average molecular weight is 291 g/mol. The highest BCUT2D eigenvalue weighted by molar-refractivity contribution is 7.85. The van der Waals surface area contributed by atoms with Crippen molar-refractivity contribution in [2.75, 3.05) is 11.5 Å². The van der Waals surface area contributed by atoms with E-state index in [9.17, 15) is 17.4 Å². The number of rotatable bonds is 2. The van der Waals surface area contributed by atoms with E-state index in [-0.39, 0.29) is 12.1 Å². The minimum atomic E-state index is -4.34. The third kappa shape index (κ3) is 3.57. The molecule has 0 amide bonds. The van der Waals surface area contributed by atoms with E-state index in [1.165, 1.54) is 6.07 Å². The van der Waals surface area contributed by atoms with Crippen molar-refractivity contribution in [3.05, 3.63) is 35.4 Å². The Morgan fingerprint density at radius 1 is 1.37 bits per heavy atom. The Bertz CT molecular complexity index is 475. The second-order valence-electron chi connectivity index (χ2n) is 4.72. The van der Waals surface area contributed by atoms with Crippen LogP contribution in [-0.4, -0.2) is 21.8 Å². The minimum absolute atomic E-state index is 0.106. The normalized spacial score (nSPS) is 28.3. The summed E-state index contributed by atoms with van der Waals surface area (Å²) >= 11 is 0. The van der Waals surface area contributed by atoms with Crippen LogP contribution in [-0.2, 0) is 17.0 Å². The van der Waals surface area contributed by atoms with Gasteiger partial charge in [0.05, 0.1) is 5.56 Å². The zero-order valence-corrected chi connectivity index (χ0v) is 11.4. The van der Waals surface area contributed by atoms with Crippen molar-refractivity contribution < 1.29 is 17.4 Å². The largest absolute Gasteiger partial charge is 0.416 e. The standard InChI is InChI=1S/C13H16F3NOS/c1-2-11-7-19(18)8-12(17-11)9-4-3-5-10(6-9)13(14,15)16/h3-6,11-12,17H,2,7-8H2,1H3. The molecule has 1 N–H and O–H groups in total. The van der Waals surface area contributed by atoms with Crippen molar-refractivity contribution in [1.82, 2.24) is 5.32 Å². The van der Waals surface area contributed by atoms with Crippen molar-refractivity contribution >= 4 is 10.8 Å². The van der Waals surface area contributed by atoms with E-state index in [4.69, 9.17) is 0 Å². The molecule has 1 aliphatic heterocycles. The Hall–Kier alpha value is -0.880. The summed E-state index contributed by atoms with van der Waals surface area (Å²) < 4.78 is 49.8. The molecule has 1 aromatic rings. The van der Waals surface area contributed by atoms with E-state index in [0.717, 1.165) is 18.6 Å². The molecule has 3 atom stereocenters. The second-order valence-corrected chi connectivity index (χ2v) is 6.27. The van der Waals surface area contributed by atoms with Crippen LogP contribution in [0, 0.1) is 0 Å². The first-order valence-electron chi connectivity index (χ1n) is 6.18. The molecule has 0 bridgehead atoms. The molecule has 0 aromatic heterocycles. The zero-order chi connectivity index (χ0) is 14.0. The maximum atomic E-state index is 12.7. The van der Waals surface area contributed by atoms with Gasteiger partial charge in [-0.2, -0.15) is 13.2 Å². The highest BCUT2D eigenvalue weighted by Gasteiger charge is 2.32. The van der Waals surface area contributed by atoms with Gasteiger partial charge in [-0.1, -0.05) is 19.1 Å². The van der Waals surface area contributed by atoms with Crippen molar-refractivity contribution in [1.29, 1.82) is 0 Å². The van der Waals surface area contributed by atoms with Gasteiger partial charge in [0.25, 0.3) is 0 Å². The van der Waals surface area contributed by atoms with Crippen molar-refractivity contribution in [2.24, 2.45) is 0 Å². The highest BCUT2D eigenvalue weighted by atomic mass is 32.2. The molecule has 0 saturated carbocycles. The summed E-state index contributed by atoms with van der Waals surface area (Å²) in [6, 6.07) is 5.10. The lowest BCUT2D eigenvalue weighted by molar-refractivity contribution is -0.137. The van der Waals surface area contributed by atoms with Crippen LogP contribution in [0.25, 0.3) is 0 Å². The monoisotopic (exact) mass is 291 g/mol. The lowest BCUT2D eigenvalue weighted by Crippen LogP contribution is -2.44. The molecule has 1 aromatic carbocycles. The molecule has 2 nitrogen and oxygen atoms in total. The third-order valence-electron chi connectivity index (χ3n) is 3.29. The third-order valence-corrected chi connectivity index (χ3v) is 4.76. The molecular weight excluding hydrogens is 275 g/mol. The van der Waals surface area contributed by atoms with Gasteiger partial charge in [-0.05, 0) is 24.1 Å². The highest BCUT2D eigenvalue weighted by Crippen LogP contribution is 2.31. The molecule has 6 heteroatoms. The number of hydrogen-bond donors (Lipinski definition) is 1. The van der Waals surface area contributed by atoms with Crippen LogP contribution in [0.15, 0.2) is 24.3 Å². The Balaban J connectivity index is 2.24. The van der Waals surface area contributed by atoms with Gasteiger partial charge in [-0.15, -0.1) is 0 Å². The Labute approximate surface area is 112 Å². The van der Waals surface area contributed by atoms with Gasteiger partial charge < -0.3 is 5.32 Å². The smallest absolute Gasteiger partial charge is 0.305 e. The lowest BCUT2D eigenvalue weighted by atomic mass is 10.0. The molecule has 1 saturated heterocycles. The summed E-state index contributed by atoms with van der Waals surface area (Å²) in [6.45, 7) is 1.98. The van der Waals surface area contributed by atoms with E-state index >= 15 is 0 Å². The first-order chi connectivity index (χ1) is 8.90. The Morgan fingerprint density at radius 3 is 2.74 bits per heavy atom. The molecule has 1 fully saturated rings. The molecule has 0 radical (unpaired) electrons. The van der Waals surface area contributed by atoms with Gasteiger partial charge in [-0.3, -0.25) is 4.21 Å². The molecule has 0 aliphatic carbocycles. The number of nitrogens with one attached hydrogen (secondary N) is 1. The van der Waals surface area contributed by atoms with Gasteiger partial charge in [-0.25, -0.2) is 0 Å². The quantitative estimate of drug-likeness (QED) is 0.908. The van der Waals surface area contributed by atoms with Gasteiger partial charge in [0.2, 0.25) is 0 Å². The maximum absolute atomic E-state index is 12.7. The number of benzene rings is 1. The van der Waals surface area contributed by atoms with Gasteiger partial charge in [0, 0.05) is 34.4 Å². The van der Waals surface area contributed by atoms with Crippen molar-refractivity contribution in [3.63, 3.8) is 0 Å². The number of alkyl halides is 3. The predicted molar refractivity (Wildman–Crippen MR) is 69.3 cm³/mol. The molecule has 1 heterocycles. The lowest BCUT2D eigenvalue weighted by Gasteiger charge is -2.30. The van der Waals surface area contributed by atoms with Gasteiger partial charge >= 0.3 is 6.18 Å². The Morgan fingerprint density at radius 2 is 2.11 bits per heavy atom. The molecule has 2 rings (SSSR count). The predicted octanol–water partition coefficient (Wildman–Crippen LogP) is 2.88. The topological polar surface area (TPSA) is 29.1 Å². The Kier molecular flexibility index (Phi) is 4.30. The van der Waals surface area contributed by atoms with Gasteiger partial charge in [0.1, 0.15) is 0 Å². The van der Waals surface area contributed by atoms with Crippen LogP contribution in [0.1, 0.15) is 30.5 Å². The number of halogens is 3. The summed E-state index contributed by atoms with van der Waals surface area (Å²) in [7, 11) is -0.972. The summed E-state index contributed by atoms with van der Waals surface area (Å²) in [5.74, 6) is 0.948. The summed E-state index contributed by atoms with van der Waals surface area (Å²) in [5, 5.41) is 3.27. The molecule has 3 unspecified atom stereocenters. The van der Waals surface area contributed by atoms with Crippen LogP contribution in [0.2, 0.25) is 0 Å². The van der Waals surface area contributed by atoms with Crippen LogP contribution in [0.4, 0.5) is 13.2 Å². The SMILES string of the molecule is CCC1CS(=O)CC(c2cccc(C(F)(F)F)c2)N1. The van der Waals surface area contributed by atoms with E-state index in [2.05, 4.69) is 5.32 Å².